The lowest BCUT2D eigenvalue weighted by Gasteiger charge is -2.04. The number of rotatable bonds is 21. The average Bonchev–Trinajstić information content (AvgIpc) is 2.65. The Morgan fingerprint density at radius 1 is 0.536 bits per heavy atom. The van der Waals surface area contributed by atoms with Crippen LogP contribution in [0, 0.1) is 0 Å². The van der Waals surface area contributed by atoms with Gasteiger partial charge in [-0.1, -0.05) is 129 Å². The normalized spacial score (nSPS) is 11.8. The third-order valence-electron chi connectivity index (χ3n) is 5.52. The number of unbranched alkanes of at least 4 members (excludes halogenated alkanes) is 19. The van der Waals surface area contributed by atoms with Gasteiger partial charge in [-0.3, -0.25) is 9.35 Å². The van der Waals surface area contributed by atoms with E-state index in [-0.39, 0.29) is 6.42 Å². The highest BCUT2D eigenvalue weighted by Crippen LogP contribution is 2.15. The third kappa shape index (κ3) is 20.3. The van der Waals surface area contributed by atoms with Crippen molar-refractivity contribution in [1.82, 2.24) is 0 Å². The molecule has 1 N–H and O–H groups in total. The lowest BCUT2D eigenvalue weighted by atomic mass is 10.0. The summed E-state index contributed by atoms with van der Waals surface area (Å²) in [6, 6.07) is 0. The van der Waals surface area contributed by atoms with Crippen LogP contribution in [0.25, 0.3) is 0 Å². The van der Waals surface area contributed by atoms with E-state index < -0.39 is 15.2 Å². The highest BCUT2D eigenvalue weighted by molar-refractivity contribution is 8.01. The summed E-state index contributed by atoms with van der Waals surface area (Å²) in [7, 11) is -4.47. The molecule has 0 aromatic rings. The molecule has 5 heteroatoms. The van der Waals surface area contributed by atoms with Crippen LogP contribution in [-0.4, -0.2) is 18.1 Å². The largest absolute Gasteiger partial charge is 0.328 e. The highest BCUT2D eigenvalue weighted by Gasteiger charge is 2.16. The molecule has 0 rings (SSSR count). The Morgan fingerprint density at radius 3 is 1.04 bits per heavy atom. The number of carbonyl (C=O) groups is 1. The zero-order chi connectivity index (χ0) is 20.9. The van der Waals surface area contributed by atoms with E-state index in [9.17, 15) is 13.2 Å². The summed E-state index contributed by atoms with van der Waals surface area (Å²) >= 11 is 0. The van der Waals surface area contributed by atoms with Gasteiger partial charge in [0.15, 0.2) is 0 Å². The number of carbonyl (C=O) groups excluding carboxylic acids is 1. The molecule has 0 saturated heterocycles. The third-order valence-corrected chi connectivity index (χ3v) is 6.30. The van der Waals surface area contributed by atoms with Gasteiger partial charge in [-0.25, -0.2) is 0 Å². The molecule has 0 unspecified atom stereocenters. The van der Waals surface area contributed by atoms with Crippen LogP contribution in [0.4, 0.5) is 0 Å². The highest BCUT2D eigenvalue weighted by atomic mass is 32.2. The molecule has 0 atom stereocenters. The van der Waals surface area contributed by atoms with E-state index in [1.807, 2.05) is 0 Å². The Kier molecular flexibility index (Phi) is 19.6. The molecule has 0 aromatic heterocycles. The molecule has 0 aliphatic carbocycles. The number of hydrogen-bond acceptors (Lipinski definition) is 3. The first-order chi connectivity index (χ1) is 13.5. The van der Waals surface area contributed by atoms with E-state index >= 15 is 0 Å². The van der Waals surface area contributed by atoms with Crippen LogP contribution in [-0.2, 0) is 14.9 Å². The molecule has 0 aliphatic heterocycles. The minimum Gasteiger partial charge on any atom is -0.280 e. The predicted molar refractivity (Wildman–Crippen MR) is 119 cm³/mol. The average molecular weight is 419 g/mol. The van der Waals surface area contributed by atoms with E-state index in [0.29, 0.717) is 6.42 Å². The maximum Gasteiger partial charge on any atom is 0.328 e. The topological polar surface area (TPSA) is 71.4 Å². The summed E-state index contributed by atoms with van der Waals surface area (Å²) < 4.78 is 29.7. The summed E-state index contributed by atoms with van der Waals surface area (Å²) in [5.74, 6) is 0. The molecule has 4 nitrogen and oxygen atoms in total. The molecule has 28 heavy (non-hydrogen) atoms. The van der Waals surface area contributed by atoms with Crippen molar-refractivity contribution in [1.29, 1.82) is 0 Å². The number of hydrogen-bond donors (Lipinski definition) is 1. The van der Waals surface area contributed by atoms with Crippen LogP contribution in [0.5, 0.6) is 0 Å². The maximum atomic E-state index is 11.0. The van der Waals surface area contributed by atoms with Crippen LogP contribution >= 0.6 is 0 Å². The van der Waals surface area contributed by atoms with E-state index in [2.05, 4.69) is 6.92 Å². The van der Waals surface area contributed by atoms with E-state index in [1.165, 1.54) is 103 Å². The maximum absolute atomic E-state index is 11.0. The van der Waals surface area contributed by atoms with Crippen LogP contribution < -0.4 is 0 Å². The van der Waals surface area contributed by atoms with Gasteiger partial charge in [0.2, 0.25) is 0 Å². The van der Waals surface area contributed by atoms with Gasteiger partial charge in [0, 0.05) is 6.42 Å². The molecular formula is C23H46O4S. The summed E-state index contributed by atoms with van der Waals surface area (Å²) in [6.07, 6.45) is 25.6. The van der Waals surface area contributed by atoms with Crippen molar-refractivity contribution in [3.63, 3.8) is 0 Å². The first-order valence-electron chi connectivity index (χ1n) is 12.0. The van der Waals surface area contributed by atoms with E-state index in [4.69, 9.17) is 4.55 Å². The summed E-state index contributed by atoms with van der Waals surface area (Å²) in [5, 5.41) is -1.05. The van der Waals surface area contributed by atoms with E-state index in [0.717, 1.165) is 19.3 Å². The van der Waals surface area contributed by atoms with Crippen molar-refractivity contribution in [3.8, 4) is 0 Å². The fourth-order valence-corrected chi connectivity index (χ4v) is 4.06. The standard InChI is InChI=1S/C23H46O4S/c1-2-3-4-5-6-7-8-9-10-11-12-13-14-15-16-17-18-19-20-21-22-23(24)28(25,26)27/h2-22H2,1H3,(H,25,26,27). The van der Waals surface area contributed by atoms with Crippen molar-refractivity contribution in [3.05, 3.63) is 0 Å². The Hall–Kier alpha value is -0.420. The van der Waals surface area contributed by atoms with Crippen molar-refractivity contribution < 1.29 is 17.8 Å². The monoisotopic (exact) mass is 418 g/mol. The second-order valence-electron chi connectivity index (χ2n) is 8.31. The Labute approximate surface area is 175 Å². The van der Waals surface area contributed by atoms with Crippen LogP contribution in [0.1, 0.15) is 142 Å². The molecule has 0 fully saturated rings. The van der Waals surface area contributed by atoms with Crippen molar-refractivity contribution in [2.45, 2.75) is 142 Å². The van der Waals surface area contributed by atoms with Gasteiger partial charge in [0.05, 0.1) is 0 Å². The fraction of sp³-hybridized carbons (Fsp3) is 0.957. The van der Waals surface area contributed by atoms with Crippen LogP contribution in [0.3, 0.4) is 0 Å². The SMILES string of the molecule is CCCCCCCCCCCCCCCCCCCCCCC(=O)S(=O)(=O)O. The molecule has 0 spiro atoms. The lowest BCUT2D eigenvalue weighted by Crippen LogP contribution is -2.12. The molecule has 0 radical (unpaired) electrons. The first kappa shape index (κ1) is 27.6. The minimum atomic E-state index is -4.47. The zero-order valence-corrected chi connectivity index (χ0v) is 19.2. The molecular weight excluding hydrogens is 372 g/mol. The van der Waals surface area contributed by atoms with Crippen LogP contribution in [0.15, 0.2) is 0 Å². The molecule has 0 aromatic carbocycles. The van der Waals surface area contributed by atoms with Crippen molar-refractivity contribution in [2.75, 3.05) is 0 Å². The molecule has 168 valence electrons. The lowest BCUT2D eigenvalue weighted by molar-refractivity contribution is -0.112. The van der Waals surface area contributed by atoms with Crippen LogP contribution in [0.2, 0.25) is 0 Å². The molecule has 0 aliphatic rings. The Morgan fingerprint density at radius 2 is 0.786 bits per heavy atom. The second kappa shape index (κ2) is 19.9. The molecule has 0 saturated carbocycles. The quantitative estimate of drug-likeness (QED) is 0.154. The van der Waals surface area contributed by atoms with Gasteiger partial charge in [-0.15, -0.1) is 0 Å². The van der Waals surface area contributed by atoms with Gasteiger partial charge >= 0.3 is 10.1 Å². The van der Waals surface area contributed by atoms with Gasteiger partial charge in [0.25, 0.3) is 5.12 Å². The van der Waals surface area contributed by atoms with Gasteiger partial charge < -0.3 is 0 Å². The van der Waals surface area contributed by atoms with E-state index in [1.54, 1.807) is 0 Å². The first-order valence-corrected chi connectivity index (χ1v) is 13.4. The van der Waals surface area contributed by atoms with Crippen molar-refractivity contribution >= 4 is 15.2 Å². The minimum absolute atomic E-state index is 0.0577. The summed E-state index contributed by atoms with van der Waals surface area (Å²) in [5.41, 5.74) is 0. The summed E-state index contributed by atoms with van der Waals surface area (Å²) in [4.78, 5) is 11.0. The van der Waals surface area contributed by atoms with Gasteiger partial charge in [-0.2, -0.15) is 8.42 Å². The Bertz CT molecular complexity index is 446. The van der Waals surface area contributed by atoms with Gasteiger partial charge in [-0.05, 0) is 6.42 Å². The Balaban J connectivity index is 3.11. The van der Waals surface area contributed by atoms with Crippen molar-refractivity contribution in [2.24, 2.45) is 0 Å². The van der Waals surface area contributed by atoms with Gasteiger partial charge in [0.1, 0.15) is 0 Å². The molecule has 0 bridgehead atoms. The molecule has 0 heterocycles. The zero-order valence-electron chi connectivity index (χ0n) is 18.4. The fourth-order valence-electron chi connectivity index (χ4n) is 3.65. The second-order valence-corrected chi connectivity index (χ2v) is 9.72. The summed E-state index contributed by atoms with van der Waals surface area (Å²) in [6.45, 7) is 2.27. The predicted octanol–water partition coefficient (Wildman–Crippen LogP) is 7.61. The molecule has 0 amide bonds. The smallest absolute Gasteiger partial charge is 0.280 e.